The molecule has 1 amide bonds. The van der Waals surface area contributed by atoms with Crippen LogP contribution >= 0.6 is 22.6 Å². The van der Waals surface area contributed by atoms with Gasteiger partial charge in [0.15, 0.2) is 0 Å². The van der Waals surface area contributed by atoms with Gasteiger partial charge in [-0.25, -0.2) is 0 Å². The molecule has 0 spiro atoms. The van der Waals surface area contributed by atoms with Gasteiger partial charge in [0.05, 0.1) is 0 Å². The quantitative estimate of drug-likeness (QED) is 0.516. The average Bonchev–Trinajstić information content (AvgIpc) is 2.16. The molecule has 0 saturated heterocycles. The van der Waals surface area contributed by atoms with Gasteiger partial charge in [-0.1, -0.05) is 39.8 Å². The largest absolute Gasteiger partial charge is 0.352 e. The fourth-order valence-corrected chi connectivity index (χ4v) is 1.86. The molecule has 0 unspecified atom stereocenters. The number of carbonyl (C=O) groups is 1. The van der Waals surface area contributed by atoms with E-state index in [1.807, 2.05) is 26.0 Å². The third kappa shape index (κ3) is 4.20. The zero-order valence-corrected chi connectivity index (χ0v) is 11.3. The maximum Gasteiger partial charge on any atom is 0.251 e. The molecule has 0 aliphatic carbocycles. The lowest BCUT2D eigenvalue weighted by Crippen LogP contribution is -2.24. The number of carbonyl (C=O) groups excluding carboxylic acids is 1. The van der Waals surface area contributed by atoms with Gasteiger partial charge in [0.2, 0.25) is 0 Å². The van der Waals surface area contributed by atoms with E-state index in [-0.39, 0.29) is 5.91 Å². The summed E-state index contributed by atoms with van der Waals surface area (Å²) in [5.41, 5.74) is 3.03. The summed E-state index contributed by atoms with van der Waals surface area (Å²) in [5.74, 6) is 0.0339. The normalized spacial score (nSPS) is 10.1. The van der Waals surface area contributed by atoms with Crippen LogP contribution in [0, 0.1) is 13.8 Å². The molecule has 0 aromatic heterocycles. The second kappa shape index (κ2) is 6.10. The molecule has 0 radical (unpaired) electrons. The molecule has 0 atom stereocenters. The zero-order valence-electron chi connectivity index (χ0n) is 9.14. The van der Waals surface area contributed by atoms with Crippen molar-refractivity contribution in [1.29, 1.82) is 0 Å². The minimum atomic E-state index is 0.0339. The molecular weight excluding hydrogens is 301 g/mol. The molecule has 0 heterocycles. The van der Waals surface area contributed by atoms with Crippen LogP contribution in [-0.4, -0.2) is 16.9 Å². The van der Waals surface area contributed by atoms with E-state index in [9.17, 15) is 4.79 Å². The molecular formula is C12H16INO. The highest BCUT2D eigenvalue weighted by Crippen LogP contribution is 2.08. The van der Waals surface area contributed by atoms with E-state index in [0.717, 1.165) is 34.1 Å². The molecule has 0 saturated carbocycles. The Balaban J connectivity index is 2.65. The van der Waals surface area contributed by atoms with Crippen molar-refractivity contribution < 1.29 is 4.79 Å². The van der Waals surface area contributed by atoms with Crippen LogP contribution in [0.2, 0.25) is 0 Å². The van der Waals surface area contributed by atoms with Crippen molar-refractivity contribution in [2.75, 3.05) is 11.0 Å². The Morgan fingerprint density at radius 3 is 2.40 bits per heavy atom. The third-order valence-corrected chi connectivity index (χ3v) is 2.84. The van der Waals surface area contributed by atoms with Crippen LogP contribution in [0.4, 0.5) is 0 Å². The summed E-state index contributed by atoms with van der Waals surface area (Å²) in [5, 5.41) is 2.91. The molecule has 1 aromatic rings. The van der Waals surface area contributed by atoms with Gasteiger partial charge in [-0.15, -0.1) is 0 Å². The maximum absolute atomic E-state index is 11.7. The molecule has 82 valence electrons. The Morgan fingerprint density at radius 1 is 1.27 bits per heavy atom. The molecule has 2 nitrogen and oxygen atoms in total. The summed E-state index contributed by atoms with van der Waals surface area (Å²) in [6.07, 6.45) is 1.02. The van der Waals surface area contributed by atoms with E-state index in [1.54, 1.807) is 0 Å². The lowest BCUT2D eigenvalue weighted by molar-refractivity contribution is 0.0953. The summed E-state index contributed by atoms with van der Waals surface area (Å²) in [4.78, 5) is 11.7. The van der Waals surface area contributed by atoms with Crippen molar-refractivity contribution in [3.8, 4) is 0 Å². The van der Waals surface area contributed by atoms with Crippen molar-refractivity contribution in [3.63, 3.8) is 0 Å². The summed E-state index contributed by atoms with van der Waals surface area (Å²) >= 11 is 2.31. The van der Waals surface area contributed by atoms with Crippen molar-refractivity contribution in [3.05, 3.63) is 34.9 Å². The Labute approximate surface area is 105 Å². The second-order valence-electron chi connectivity index (χ2n) is 3.67. The lowest BCUT2D eigenvalue weighted by atomic mass is 10.1. The summed E-state index contributed by atoms with van der Waals surface area (Å²) in [7, 11) is 0. The Bertz CT molecular complexity index is 329. The Morgan fingerprint density at radius 2 is 1.87 bits per heavy atom. The van der Waals surface area contributed by atoms with Crippen LogP contribution in [0.3, 0.4) is 0 Å². The smallest absolute Gasteiger partial charge is 0.251 e. The minimum absolute atomic E-state index is 0.0339. The number of halogens is 1. The molecule has 1 N–H and O–H groups in total. The Kier molecular flexibility index (Phi) is 5.08. The van der Waals surface area contributed by atoms with Gasteiger partial charge in [-0.3, -0.25) is 4.79 Å². The monoisotopic (exact) mass is 317 g/mol. The van der Waals surface area contributed by atoms with E-state index in [4.69, 9.17) is 0 Å². The summed E-state index contributed by atoms with van der Waals surface area (Å²) in [6, 6.07) is 5.92. The number of aryl methyl sites for hydroxylation is 2. The van der Waals surface area contributed by atoms with E-state index in [1.165, 1.54) is 0 Å². The fourth-order valence-electron chi connectivity index (χ4n) is 1.48. The average molecular weight is 317 g/mol. The maximum atomic E-state index is 11.7. The molecule has 0 aliphatic heterocycles. The third-order valence-electron chi connectivity index (χ3n) is 2.08. The predicted molar refractivity (Wildman–Crippen MR) is 71.8 cm³/mol. The minimum Gasteiger partial charge on any atom is -0.352 e. The molecule has 0 aliphatic rings. The lowest BCUT2D eigenvalue weighted by Gasteiger charge is -2.06. The van der Waals surface area contributed by atoms with Crippen LogP contribution < -0.4 is 5.32 Å². The number of nitrogens with one attached hydrogen (secondary N) is 1. The number of hydrogen-bond acceptors (Lipinski definition) is 1. The number of rotatable bonds is 4. The van der Waals surface area contributed by atoms with Crippen molar-refractivity contribution in [2.45, 2.75) is 20.3 Å². The van der Waals surface area contributed by atoms with Gasteiger partial charge < -0.3 is 5.32 Å². The predicted octanol–water partition coefficient (Wildman–Crippen LogP) is 2.86. The van der Waals surface area contributed by atoms with Crippen LogP contribution in [0.15, 0.2) is 18.2 Å². The van der Waals surface area contributed by atoms with Crippen molar-refractivity contribution in [1.82, 2.24) is 5.32 Å². The number of benzene rings is 1. The first-order chi connectivity index (χ1) is 7.13. The second-order valence-corrected chi connectivity index (χ2v) is 4.75. The van der Waals surface area contributed by atoms with Gasteiger partial charge in [0.1, 0.15) is 0 Å². The molecule has 0 fully saturated rings. The fraction of sp³-hybridized carbons (Fsp3) is 0.417. The highest BCUT2D eigenvalue weighted by Gasteiger charge is 2.05. The molecule has 0 bridgehead atoms. The van der Waals surface area contributed by atoms with Crippen molar-refractivity contribution >= 4 is 28.5 Å². The first-order valence-electron chi connectivity index (χ1n) is 5.06. The topological polar surface area (TPSA) is 29.1 Å². The van der Waals surface area contributed by atoms with E-state index < -0.39 is 0 Å². The van der Waals surface area contributed by atoms with E-state index in [2.05, 4.69) is 34.0 Å². The number of hydrogen-bond donors (Lipinski definition) is 1. The highest BCUT2D eigenvalue weighted by atomic mass is 127. The summed E-state index contributed by atoms with van der Waals surface area (Å²) in [6.45, 7) is 4.78. The van der Waals surface area contributed by atoms with Gasteiger partial charge in [0.25, 0.3) is 5.91 Å². The first kappa shape index (κ1) is 12.5. The number of amides is 1. The van der Waals surface area contributed by atoms with Gasteiger partial charge in [0, 0.05) is 16.5 Å². The standard InChI is InChI=1S/C12H16INO/c1-9-6-10(2)8-11(7-9)12(15)14-5-3-4-13/h6-8H,3-5H2,1-2H3,(H,14,15). The molecule has 1 rings (SSSR count). The van der Waals surface area contributed by atoms with Gasteiger partial charge in [-0.2, -0.15) is 0 Å². The van der Waals surface area contributed by atoms with Crippen LogP contribution in [0.1, 0.15) is 27.9 Å². The van der Waals surface area contributed by atoms with Crippen LogP contribution in [-0.2, 0) is 0 Å². The van der Waals surface area contributed by atoms with Crippen molar-refractivity contribution in [2.24, 2.45) is 0 Å². The molecule has 1 aromatic carbocycles. The highest BCUT2D eigenvalue weighted by molar-refractivity contribution is 14.1. The summed E-state index contributed by atoms with van der Waals surface area (Å²) < 4.78 is 1.07. The van der Waals surface area contributed by atoms with Crippen LogP contribution in [0.25, 0.3) is 0 Å². The Hall–Kier alpha value is -0.580. The van der Waals surface area contributed by atoms with E-state index >= 15 is 0 Å². The molecule has 15 heavy (non-hydrogen) atoms. The molecule has 3 heteroatoms. The van der Waals surface area contributed by atoms with E-state index in [0.29, 0.717) is 0 Å². The van der Waals surface area contributed by atoms with Gasteiger partial charge >= 0.3 is 0 Å². The van der Waals surface area contributed by atoms with Gasteiger partial charge in [-0.05, 0) is 32.4 Å². The number of alkyl halides is 1. The van der Waals surface area contributed by atoms with Crippen LogP contribution in [0.5, 0.6) is 0 Å². The SMILES string of the molecule is Cc1cc(C)cc(C(=O)NCCCI)c1. The zero-order chi connectivity index (χ0) is 11.3. The first-order valence-corrected chi connectivity index (χ1v) is 6.58.